The molecule has 0 saturated carbocycles. The molecule has 0 unspecified atom stereocenters. The number of sulfone groups is 1. The number of hydrogen-bond donors (Lipinski definition) is 2. The molecule has 0 radical (unpaired) electrons. The van der Waals surface area contributed by atoms with Crippen molar-refractivity contribution < 1.29 is 22.7 Å². The van der Waals surface area contributed by atoms with Gasteiger partial charge in [-0.15, -0.1) is 11.3 Å². The molecule has 22 heavy (non-hydrogen) atoms. The molecule has 0 aliphatic carbocycles. The van der Waals surface area contributed by atoms with Gasteiger partial charge in [0.1, 0.15) is 15.6 Å². The first kappa shape index (κ1) is 16.6. The first-order chi connectivity index (χ1) is 10.1. The minimum atomic E-state index is -3.77. The van der Waals surface area contributed by atoms with Gasteiger partial charge in [-0.1, -0.05) is 0 Å². The molecule has 0 aliphatic rings. The van der Waals surface area contributed by atoms with Gasteiger partial charge in [-0.2, -0.15) is 0 Å². The topological polar surface area (TPSA) is 83.5 Å². The lowest BCUT2D eigenvalue weighted by atomic mass is 10.1. The van der Waals surface area contributed by atoms with Crippen molar-refractivity contribution in [3.05, 3.63) is 42.2 Å². The van der Waals surface area contributed by atoms with E-state index in [1.165, 1.54) is 38.1 Å². The summed E-state index contributed by atoms with van der Waals surface area (Å²) in [6.45, 7) is 2.65. The standard InChI is InChI=1S/C14H14FNO4S2/c1-14(2,18)13(17)16-11-7-8-12(21-11)22(19,20)10-5-3-9(15)4-6-10/h3-8,18H,1-2H3,(H,16,17). The van der Waals surface area contributed by atoms with E-state index in [2.05, 4.69) is 5.32 Å². The van der Waals surface area contributed by atoms with Gasteiger partial charge in [0.05, 0.1) is 9.90 Å². The molecule has 0 saturated heterocycles. The van der Waals surface area contributed by atoms with Gasteiger partial charge in [0.15, 0.2) is 0 Å². The molecule has 1 heterocycles. The Labute approximate surface area is 131 Å². The van der Waals surface area contributed by atoms with Crippen LogP contribution >= 0.6 is 11.3 Å². The Bertz CT molecular complexity index is 789. The van der Waals surface area contributed by atoms with Gasteiger partial charge in [0.2, 0.25) is 9.84 Å². The normalized spacial score (nSPS) is 12.2. The van der Waals surface area contributed by atoms with E-state index in [4.69, 9.17) is 0 Å². The monoisotopic (exact) mass is 343 g/mol. The van der Waals surface area contributed by atoms with Crippen molar-refractivity contribution >= 4 is 32.1 Å². The predicted molar refractivity (Wildman–Crippen MR) is 81.1 cm³/mol. The zero-order valence-electron chi connectivity index (χ0n) is 11.8. The van der Waals surface area contributed by atoms with Gasteiger partial charge in [-0.05, 0) is 50.2 Å². The zero-order valence-corrected chi connectivity index (χ0v) is 13.5. The lowest BCUT2D eigenvalue weighted by molar-refractivity contribution is -0.130. The summed E-state index contributed by atoms with van der Waals surface area (Å²) in [4.78, 5) is 11.6. The molecule has 0 aliphatic heterocycles. The van der Waals surface area contributed by atoms with Gasteiger partial charge in [-0.3, -0.25) is 4.79 Å². The third-order valence-corrected chi connectivity index (χ3v) is 6.02. The van der Waals surface area contributed by atoms with Gasteiger partial charge in [0, 0.05) is 0 Å². The molecule has 0 fully saturated rings. The summed E-state index contributed by atoms with van der Waals surface area (Å²) in [6, 6.07) is 7.28. The van der Waals surface area contributed by atoms with Crippen molar-refractivity contribution in [3.63, 3.8) is 0 Å². The summed E-state index contributed by atoms with van der Waals surface area (Å²) in [6.07, 6.45) is 0. The van der Waals surface area contributed by atoms with Crippen LogP contribution < -0.4 is 5.32 Å². The quantitative estimate of drug-likeness (QED) is 0.835. The summed E-state index contributed by atoms with van der Waals surface area (Å²) < 4.78 is 37.6. The first-order valence-corrected chi connectivity index (χ1v) is 8.55. The average Bonchev–Trinajstić information content (AvgIpc) is 2.87. The highest BCUT2D eigenvalue weighted by Gasteiger charge is 2.25. The molecular weight excluding hydrogens is 329 g/mol. The van der Waals surface area contributed by atoms with Crippen LogP contribution in [0.5, 0.6) is 0 Å². The van der Waals surface area contributed by atoms with Crippen molar-refractivity contribution in [3.8, 4) is 0 Å². The van der Waals surface area contributed by atoms with Crippen LogP contribution in [0, 0.1) is 5.82 Å². The van der Waals surface area contributed by atoms with E-state index >= 15 is 0 Å². The Morgan fingerprint density at radius 3 is 2.32 bits per heavy atom. The molecule has 8 heteroatoms. The van der Waals surface area contributed by atoms with Crippen LogP contribution in [0.3, 0.4) is 0 Å². The predicted octanol–water partition coefficient (Wildman–Crippen LogP) is 2.43. The van der Waals surface area contributed by atoms with Crippen LogP contribution in [0.15, 0.2) is 45.5 Å². The molecule has 0 atom stereocenters. The third-order valence-electron chi connectivity index (χ3n) is 2.76. The van der Waals surface area contributed by atoms with Gasteiger partial charge >= 0.3 is 0 Å². The van der Waals surface area contributed by atoms with Crippen molar-refractivity contribution in [1.82, 2.24) is 0 Å². The number of anilines is 1. The summed E-state index contributed by atoms with van der Waals surface area (Å²) in [5.74, 6) is -1.16. The summed E-state index contributed by atoms with van der Waals surface area (Å²) in [7, 11) is -3.77. The number of nitrogens with one attached hydrogen (secondary N) is 1. The van der Waals surface area contributed by atoms with Crippen LogP contribution in [0.1, 0.15) is 13.8 Å². The Balaban J connectivity index is 2.27. The number of amides is 1. The number of rotatable bonds is 4. The summed E-state index contributed by atoms with van der Waals surface area (Å²) in [5.41, 5.74) is -1.57. The third kappa shape index (κ3) is 3.52. The van der Waals surface area contributed by atoms with Crippen molar-refractivity contribution in [2.75, 3.05) is 5.32 Å². The lowest BCUT2D eigenvalue weighted by Gasteiger charge is -2.15. The van der Waals surface area contributed by atoms with Crippen molar-refractivity contribution in [2.45, 2.75) is 28.6 Å². The fourth-order valence-electron chi connectivity index (χ4n) is 1.53. The minimum absolute atomic E-state index is 0.0187. The Hall–Kier alpha value is -1.77. The van der Waals surface area contributed by atoms with E-state index in [1.54, 1.807) is 0 Å². The van der Waals surface area contributed by atoms with Crippen LogP contribution in [0.2, 0.25) is 0 Å². The van der Waals surface area contributed by atoms with Gasteiger partial charge < -0.3 is 10.4 Å². The Kier molecular flexibility index (Phi) is 4.37. The van der Waals surface area contributed by atoms with Gasteiger partial charge in [0.25, 0.3) is 5.91 Å². The van der Waals surface area contributed by atoms with Crippen LogP contribution in [-0.2, 0) is 14.6 Å². The maximum absolute atomic E-state index is 12.9. The average molecular weight is 343 g/mol. The van der Waals surface area contributed by atoms with E-state index in [9.17, 15) is 22.7 Å². The molecule has 2 rings (SSSR count). The molecule has 118 valence electrons. The second kappa shape index (κ2) is 5.79. The van der Waals surface area contributed by atoms with Gasteiger partial charge in [-0.25, -0.2) is 12.8 Å². The van der Waals surface area contributed by atoms with E-state index in [-0.39, 0.29) is 9.10 Å². The fourth-order valence-corrected chi connectivity index (χ4v) is 4.13. The Morgan fingerprint density at radius 1 is 1.18 bits per heavy atom. The number of aliphatic hydroxyl groups is 1. The summed E-state index contributed by atoms with van der Waals surface area (Å²) >= 11 is 0.859. The van der Waals surface area contributed by atoms with Crippen LogP contribution in [0.4, 0.5) is 9.39 Å². The molecule has 5 nitrogen and oxygen atoms in total. The minimum Gasteiger partial charge on any atom is -0.381 e. The van der Waals surface area contributed by atoms with Crippen molar-refractivity contribution in [1.29, 1.82) is 0 Å². The lowest BCUT2D eigenvalue weighted by Crippen LogP contribution is -2.36. The second-order valence-corrected chi connectivity index (χ2v) is 8.35. The maximum Gasteiger partial charge on any atom is 0.256 e. The van der Waals surface area contributed by atoms with Crippen molar-refractivity contribution in [2.24, 2.45) is 0 Å². The Morgan fingerprint density at radius 2 is 1.77 bits per heavy atom. The first-order valence-electron chi connectivity index (χ1n) is 6.25. The van der Waals surface area contributed by atoms with Crippen LogP contribution in [-0.4, -0.2) is 25.0 Å². The van der Waals surface area contributed by atoms with E-state index in [0.717, 1.165) is 23.5 Å². The molecule has 0 spiro atoms. The smallest absolute Gasteiger partial charge is 0.256 e. The highest BCUT2D eigenvalue weighted by atomic mass is 32.2. The zero-order chi connectivity index (χ0) is 16.5. The van der Waals surface area contributed by atoms with Crippen LogP contribution in [0.25, 0.3) is 0 Å². The number of thiophene rings is 1. The van der Waals surface area contributed by atoms with E-state index in [1.807, 2.05) is 0 Å². The number of carbonyl (C=O) groups is 1. The molecule has 1 amide bonds. The molecule has 0 bridgehead atoms. The molecule has 1 aromatic heterocycles. The number of hydrogen-bond acceptors (Lipinski definition) is 5. The second-order valence-electron chi connectivity index (χ2n) is 5.09. The van der Waals surface area contributed by atoms with E-state index < -0.39 is 27.2 Å². The molecule has 1 aromatic carbocycles. The SMILES string of the molecule is CC(C)(O)C(=O)Nc1ccc(S(=O)(=O)c2ccc(F)cc2)s1. The molecule has 2 aromatic rings. The highest BCUT2D eigenvalue weighted by Crippen LogP contribution is 2.31. The number of carbonyl (C=O) groups excluding carboxylic acids is 1. The number of benzene rings is 1. The fraction of sp³-hybridized carbons (Fsp3) is 0.214. The van der Waals surface area contributed by atoms with E-state index in [0.29, 0.717) is 5.00 Å². The molecular formula is C14H14FNO4S2. The summed E-state index contributed by atoms with van der Waals surface area (Å²) in [5, 5.41) is 12.3. The number of halogens is 1. The maximum atomic E-state index is 12.9. The highest BCUT2D eigenvalue weighted by molar-refractivity contribution is 7.93. The molecule has 2 N–H and O–H groups in total. The largest absolute Gasteiger partial charge is 0.381 e.